The molecular weight excluding hydrogens is 450 g/mol. The van der Waals surface area contributed by atoms with Crippen molar-refractivity contribution < 1.29 is 14.3 Å². The lowest BCUT2D eigenvalue weighted by molar-refractivity contribution is -0.110. The van der Waals surface area contributed by atoms with Crippen molar-refractivity contribution >= 4 is 46.1 Å². The van der Waals surface area contributed by atoms with Gasteiger partial charge in [0.15, 0.2) is 0 Å². The summed E-state index contributed by atoms with van der Waals surface area (Å²) >= 11 is 6.54. The maximum absolute atomic E-state index is 13.1. The van der Waals surface area contributed by atoms with Gasteiger partial charge in [-0.1, -0.05) is 54.1 Å². The average Bonchev–Trinajstić information content (AvgIpc) is 3.14. The molecule has 0 aliphatic carbocycles. The van der Waals surface area contributed by atoms with Gasteiger partial charge in [-0.3, -0.25) is 4.79 Å². The minimum atomic E-state index is -0.425. The van der Waals surface area contributed by atoms with Gasteiger partial charge in [-0.05, 0) is 56.4 Å². The number of carbonyl (C=O) groups excluding carboxylic acids is 2. The highest BCUT2D eigenvalue weighted by Crippen LogP contribution is 2.38. The molecule has 1 aliphatic heterocycles. The van der Waals surface area contributed by atoms with Gasteiger partial charge in [0.1, 0.15) is 0 Å². The van der Waals surface area contributed by atoms with Gasteiger partial charge in [-0.15, -0.1) is 0 Å². The number of amides is 1. The summed E-state index contributed by atoms with van der Waals surface area (Å²) in [6.07, 6.45) is 0. The first kappa shape index (κ1) is 23.5. The van der Waals surface area contributed by atoms with Gasteiger partial charge in [-0.25, -0.2) is 4.79 Å². The summed E-state index contributed by atoms with van der Waals surface area (Å²) in [7, 11) is 3.98. The molecule has 3 aromatic carbocycles. The third-order valence-corrected chi connectivity index (χ3v) is 5.75. The second-order valence-electron chi connectivity index (χ2n) is 8.22. The molecule has 0 unspecified atom stereocenters. The fourth-order valence-corrected chi connectivity index (χ4v) is 4.12. The average molecular weight is 476 g/mol. The van der Waals surface area contributed by atoms with Crippen LogP contribution in [-0.2, 0) is 16.1 Å². The fraction of sp³-hybridized carbons (Fsp3) is 0.185. The van der Waals surface area contributed by atoms with Crippen LogP contribution in [0.3, 0.4) is 0 Å². The summed E-state index contributed by atoms with van der Waals surface area (Å²) in [4.78, 5) is 27.3. The molecule has 0 aromatic heterocycles. The van der Waals surface area contributed by atoms with Crippen molar-refractivity contribution in [1.29, 1.82) is 0 Å². The van der Waals surface area contributed by atoms with Crippen LogP contribution in [0.4, 0.5) is 11.4 Å². The monoisotopic (exact) mass is 475 g/mol. The van der Waals surface area contributed by atoms with Crippen LogP contribution >= 0.6 is 11.6 Å². The molecule has 0 saturated heterocycles. The summed E-state index contributed by atoms with van der Waals surface area (Å²) in [5, 5.41) is 6.95. The summed E-state index contributed by atoms with van der Waals surface area (Å²) in [5.74, 6) is -0.677. The zero-order valence-electron chi connectivity index (χ0n) is 19.3. The lowest BCUT2D eigenvalue weighted by Crippen LogP contribution is -2.12. The van der Waals surface area contributed by atoms with Crippen molar-refractivity contribution in [3.05, 3.63) is 94.0 Å². The number of hydrogen-bond acceptors (Lipinski definition) is 5. The zero-order chi connectivity index (χ0) is 24.2. The third-order valence-electron chi connectivity index (χ3n) is 5.40. The number of anilines is 2. The first-order valence-electron chi connectivity index (χ1n) is 11.0. The zero-order valence-corrected chi connectivity index (χ0v) is 20.1. The largest absolute Gasteiger partial charge is 0.462 e. The van der Waals surface area contributed by atoms with E-state index in [1.807, 2.05) is 62.6 Å². The number of nitrogens with one attached hydrogen (secondary N) is 2. The number of hydrogen-bond donors (Lipinski definition) is 2. The Bertz CT molecular complexity index is 1270. The summed E-state index contributed by atoms with van der Waals surface area (Å²) < 4.78 is 5.09. The Morgan fingerprint density at radius 2 is 1.79 bits per heavy atom. The summed E-state index contributed by atoms with van der Waals surface area (Å²) in [5.41, 5.74) is 5.44. The summed E-state index contributed by atoms with van der Waals surface area (Å²) in [6.45, 7) is 2.76. The molecule has 0 fully saturated rings. The van der Waals surface area contributed by atoms with Gasteiger partial charge in [0.05, 0.1) is 29.1 Å². The van der Waals surface area contributed by atoms with Crippen molar-refractivity contribution in [3.8, 4) is 0 Å². The van der Waals surface area contributed by atoms with Crippen LogP contribution in [0.1, 0.15) is 34.0 Å². The fourth-order valence-electron chi connectivity index (χ4n) is 3.88. The Morgan fingerprint density at radius 3 is 2.47 bits per heavy atom. The molecule has 0 saturated carbocycles. The van der Waals surface area contributed by atoms with Crippen molar-refractivity contribution in [2.75, 3.05) is 31.3 Å². The maximum Gasteiger partial charge on any atom is 0.338 e. The van der Waals surface area contributed by atoms with Crippen molar-refractivity contribution in [2.45, 2.75) is 13.5 Å². The van der Waals surface area contributed by atoms with E-state index in [1.54, 1.807) is 25.1 Å². The lowest BCUT2D eigenvalue weighted by atomic mass is 9.99. The smallest absolute Gasteiger partial charge is 0.338 e. The molecule has 1 heterocycles. The minimum Gasteiger partial charge on any atom is -0.462 e. The highest BCUT2D eigenvalue weighted by molar-refractivity contribution is 6.37. The van der Waals surface area contributed by atoms with Gasteiger partial charge < -0.3 is 20.3 Å². The van der Waals surface area contributed by atoms with Crippen molar-refractivity contribution in [3.63, 3.8) is 0 Å². The molecule has 2 N–H and O–H groups in total. The minimum absolute atomic E-state index is 0.252. The first-order valence-corrected chi connectivity index (χ1v) is 11.4. The van der Waals surface area contributed by atoms with E-state index < -0.39 is 5.97 Å². The molecule has 1 aliphatic rings. The molecule has 1 amide bonds. The SMILES string of the molecule is CCOC(=O)c1ccc2c(c1)NC(=O)/C2=C(\Nc1ccc(CN(C)C)c(Cl)c1)c1ccccc1. The predicted molar refractivity (Wildman–Crippen MR) is 137 cm³/mol. The number of halogens is 1. The molecule has 0 bridgehead atoms. The van der Waals surface area contributed by atoms with Gasteiger partial charge >= 0.3 is 5.97 Å². The van der Waals surface area contributed by atoms with E-state index >= 15 is 0 Å². The number of benzene rings is 3. The predicted octanol–water partition coefficient (Wildman–Crippen LogP) is 5.51. The number of fused-ring (bicyclic) bond motifs is 1. The third kappa shape index (κ3) is 4.98. The molecule has 7 heteroatoms. The Hall–Kier alpha value is -3.61. The molecular formula is C27H26ClN3O3. The van der Waals surface area contributed by atoms with Crippen LogP contribution in [0.5, 0.6) is 0 Å². The Morgan fingerprint density at radius 1 is 1.03 bits per heavy atom. The van der Waals surface area contributed by atoms with E-state index in [2.05, 4.69) is 15.5 Å². The molecule has 0 spiro atoms. The van der Waals surface area contributed by atoms with Crippen LogP contribution in [0.25, 0.3) is 11.3 Å². The van der Waals surface area contributed by atoms with Gasteiger partial charge in [-0.2, -0.15) is 0 Å². The van der Waals surface area contributed by atoms with Crippen molar-refractivity contribution in [1.82, 2.24) is 4.90 Å². The Labute approximate surface area is 204 Å². The van der Waals surface area contributed by atoms with Crippen LogP contribution < -0.4 is 10.6 Å². The second-order valence-corrected chi connectivity index (χ2v) is 8.63. The lowest BCUT2D eigenvalue weighted by Gasteiger charge is -2.17. The highest BCUT2D eigenvalue weighted by Gasteiger charge is 2.29. The molecule has 0 radical (unpaired) electrons. The van der Waals surface area contributed by atoms with E-state index in [0.29, 0.717) is 33.1 Å². The number of carbonyl (C=O) groups is 2. The molecule has 4 rings (SSSR count). The van der Waals surface area contributed by atoms with Crippen LogP contribution in [0, 0.1) is 0 Å². The standard InChI is InChI=1S/C27H26ClN3O3/c1-4-34-27(33)18-11-13-21-23(14-18)30-26(32)24(21)25(17-8-6-5-7-9-17)29-20-12-10-19(16-31(2)3)22(28)15-20/h5-15,29H,4,16H2,1-3H3,(H,30,32)/b25-24-. The summed E-state index contributed by atoms with van der Waals surface area (Å²) in [6, 6.07) is 20.5. The second kappa shape index (κ2) is 10.1. The Kier molecular flexibility index (Phi) is 7.01. The van der Waals surface area contributed by atoms with E-state index in [-0.39, 0.29) is 12.5 Å². The van der Waals surface area contributed by atoms with Gasteiger partial charge in [0.25, 0.3) is 5.91 Å². The number of rotatable bonds is 7. The van der Waals surface area contributed by atoms with E-state index in [0.717, 1.165) is 23.4 Å². The number of esters is 1. The number of nitrogens with zero attached hydrogens (tertiary/aromatic N) is 1. The molecule has 6 nitrogen and oxygen atoms in total. The topological polar surface area (TPSA) is 70.7 Å². The Balaban J connectivity index is 1.79. The molecule has 3 aromatic rings. The van der Waals surface area contributed by atoms with Crippen LogP contribution in [0.15, 0.2) is 66.7 Å². The normalized spacial score (nSPS) is 14.0. The van der Waals surface area contributed by atoms with Crippen LogP contribution in [0.2, 0.25) is 5.02 Å². The molecule has 174 valence electrons. The quantitative estimate of drug-likeness (QED) is 0.348. The molecule has 34 heavy (non-hydrogen) atoms. The van der Waals surface area contributed by atoms with Crippen LogP contribution in [-0.4, -0.2) is 37.5 Å². The first-order chi connectivity index (χ1) is 16.4. The van der Waals surface area contributed by atoms with E-state index in [4.69, 9.17) is 16.3 Å². The van der Waals surface area contributed by atoms with Crippen molar-refractivity contribution in [2.24, 2.45) is 0 Å². The van der Waals surface area contributed by atoms with Gasteiger partial charge in [0, 0.05) is 22.8 Å². The highest BCUT2D eigenvalue weighted by atomic mass is 35.5. The van der Waals surface area contributed by atoms with Gasteiger partial charge in [0.2, 0.25) is 0 Å². The number of ether oxygens (including phenoxy) is 1. The molecule has 0 atom stereocenters. The van der Waals surface area contributed by atoms with E-state index in [9.17, 15) is 9.59 Å². The maximum atomic E-state index is 13.1. The van der Waals surface area contributed by atoms with E-state index in [1.165, 1.54) is 0 Å².